The lowest BCUT2D eigenvalue weighted by molar-refractivity contribution is -0.108. The van der Waals surface area contributed by atoms with Gasteiger partial charge in [0.15, 0.2) is 0 Å². The second-order valence-electron chi connectivity index (χ2n) is 7.66. The number of carbonyl (C=O) groups excluding carboxylic acids is 1. The van der Waals surface area contributed by atoms with Gasteiger partial charge in [-0.3, -0.25) is 0 Å². The van der Waals surface area contributed by atoms with E-state index in [1.807, 2.05) is 24.5 Å². The van der Waals surface area contributed by atoms with Gasteiger partial charge in [-0.2, -0.15) is 0 Å². The third-order valence-electron chi connectivity index (χ3n) is 5.96. The molecule has 3 heteroatoms. The van der Waals surface area contributed by atoms with Crippen molar-refractivity contribution in [3.63, 3.8) is 0 Å². The molecule has 1 aliphatic carbocycles. The van der Waals surface area contributed by atoms with Crippen LogP contribution in [-0.2, 0) is 10.3 Å². The molecule has 1 heterocycles. The van der Waals surface area contributed by atoms with Crippen molar-refractivity contribution in [2.75, 3.05) is 0 Å². The smallest absolute Gasteiger partial charge is 0.123 e. The number of carbonyl (C=O) groups is 1. The number of hydrogen-bond acceptors (Lipinski definition) is 2. The topological polar surface area (TPSA) is 34.9 Å². The van der Waals surface area contributed by atoms with Crippen molar-refractivity contribution in [3.8, 4) is 0 Å². The third-order valence-corrected chi connectivity index (χ3v) is 5.96. The van der Waals surface area contributed by atoms with E-state index in [9.17, 15) is 4.79 Å². The second-order valence-corrected chi connectivity index (χ2v) is 7.66. The third kappa shape index (κ3) is 2.90. The van der Waals surface area contributed by atoms with Gasteiger partial charge >= 0.3 is 0 Å². The van der Waals surface area contributed by atoms with Gasteiger partial charge < -0.3 is 9.36 Å². The average Bonchev–Trinajstić information content (AvgIpc) is 3.44. The fraction of sp³-hybridized carbons (Fsp3) is 0.154. The molecule has 2 atom stereocenters. The fourth-order valence-corrected chi connectivity index (χ4v) is 4.40. The van der Waals surface area contributed by atoms with Gasteiger partial charge in [0, 0.05) is 18.0 Å². The van der Waals surface area contributed by atoms with Gasteiger partial charge in [0.1, 0.15) is 11.8 Å². The Labute approximate surface area is 170 Å². The van der Waals surface area contributed by atoms with Crippen LogP contribution in [0.2, 0.25) is 0 Å². The zero-order valence-electron chi connectivity index (χ0n) is 16.1. The van der Waals surface area contributed by atoms with E-state index in [4.69, 9.17) is 4.98 Å². The Hall–Kier alpha value is -3.46. The Bertz CT molecular complexity index is 1010. The van der Waals surface area contributed by atoms with Crippen LogP contribution in [0.15, 0.2) is 104 Å². The lowest BCUT2D eigenvalue weighted by Gasteiger charge is -2.37. The molecular weight excluding hydrogens is 356 g/mol. The minimum absolute atomic E-state index is 0.109. The summed E-state index contributed by atoms with van der Waals surface area (Å²) in [5.74, 6) is 0.353. The van der Waals surface area contributed by atoms with Crippen LogP contribution in [0.25, 0.3) is 0 Å². The summed E-state index contributed by atoms with van der Waals surface area (Å²) in [5.41, 5.74) is 3.96. The number of aromatic nitrogens is 2. The normalized spacial score (nSPS) is 18.3. The van der Waals surface area contributed by atoms with Crippen molar-refractivity contribution in [3.05, 3.63) is 126 Å². The van der Waals surface area contributed by atoms with Gasteiger partial charge in [0.2, 0.25) is 0 Å². The molecule has 0 aliphatic heterocycles. The number of nitrogens with zero attached hydrogens (tertiary/aromatic N) is 2. The van der Waals surface area contributed by atoms with Gasteiger partial charge in [0.05, 0.1) is 12.0 Å². The Balaban J connectivity index is 1.78. The molecule has 3 nitrogen and oxygen atoms in total. The minimum Gasteiger partial charge on any atom is -0.319 e. The Morgan fingerprint density at radius 2 is 1.28 bits per heavy atom. The number of benzene rings is 3. The monoisotopic (exact) mass is 378 g/mol. The zero-order valence-corrected chi connectivity index (χ0v) is 16.1. The predicted molar refractivity (Wildman–Crippen MR) is 114 cm³/mol. The first-order chi connectivity index (χ1) is 14.3. The number of hydrogen-bond donors (Lipinski definition) is 0. The average molecular weight is 378 g/mol. The molecule has 142 valence electrons. The standard InChI is InChI=1S/C26H22N2O/c29-18-20-16-24(20)25-17-28(19-27-25)26(21-10-4-1-5-11-21,22-12-6-2-7-13-22)23-14-8-3-9-15-23/h1-15,17-20,24H,16H2/t20-,24+/m0/s1. The van der Waals surface area contributed by atoms with Crippen LogP contribution < -0.4 is 0 Å². The first kappa shape index (κ1) is 17.6. The molecule has 0 amide bonds. The van der Waals surface area contributed by atoms with Gasteiger partial charge in [-0.1, -0.05) is 91.0 Å². The maximum atomic E-state index is 11.2. The molecule has 5 rings (SSSR count). The molecule has 1 aromatic heterocycles. The quantitative estimate of drug-likeness (QED) is 0.349. The van der Waals surface area contributed by atoms with Crippen LogP contribution >= 0.6 is 0 Å². The van der Waals surface area contributed by atoms with Crippen molar-refractivity contribution in [2.45, 2.75) is 17.9 Å². The first-order valence-electron chi connectivity index (χ1n) is 10.0. The molecule has 1 fully saturated rings. The van der Waals surface area contributed by atoms with E-state index in [-0.39, 0.29) is 11.8 Å². The lowest BCUT2D eigenvalue weighted by Crippen LogP contribution is -2.36. The largest absolute Gasteiger partial charge is 0.319 e. The maximum absolute atomic E-state index is 11.2. The van der Waals surface area contributed by atoms with Gasteiger partial charge in [0.25, 0.3) is 0 Å². The van der Waals surface area contributed by atoms with Crippen LogP contribution in [0.4, 0.5) is 0 Å². The van der Waals surface area contributed by atoms with Crippen molar-refractivity contribution in [1.82, 2.24) is 9.55 Å². The molecule has 0 radical (unpaired) electrons. The van der Waals surface area contributed by atoms with Gasteiger partial charge in [-0.25, -0.2) is 4.98 Å². The fourth-order valence-electron chi connectivity index (χ4n) is 4.40. The predicted octanol–water partition coefficient (Wildman–Crippen LogP) is 5.03. The summed E-state index contributed by atoms with van der Waals surface area (Å²) in [7, 11) is 0. The zero-order chi connectivity index (χ0) is 19.7. The molecule has 0 N–H and O–H groups in total. The molecular formula is C26H22N2O. The highest BCUT2D eigenvalue weighted by atomic mass is 16.1. The first-order valence-corrected chi connectivity index (χ1v) is 10.0. The van der Waals surface area contributed by atoms with E-state index in [0.717, 1.165) is 18.4 Å². The molecule has 1 saturated carbocycles. The number of rotatable bonds is 6. The van der Waals surface area contributed by atoms with Gasteiger partial charge in [-0.05, 0) is 23.1 Å². The number of imidazole rings is 1. The summed E-state index contributed by atoms with van der Waals surface area (Å²) < 4.78 is 2.21. The molecule has 0 saturated heterocycles. The summed E-state index contributed by atoms with van der Waals surface area (Å²) in [5, 5.41) is 0. The Morgan fingerprint density at radius 3 is 1.69 bits per heavy atom. The van der Waals surface area contributed by atoms with E-state index in [0.29, 0.717) is 0 Å². The summed E-state index contributed by atoms with van der Waals surface area (Å²) >= 11 is 0. The van der Waals surface area contributed by atoms with Crippen molar-refractivity contribution < 1.29 is 4.79 Å². The van der Waals surface area contributed by atoms with Crippen molar-refractivity contribution in [1.29, 1.82) is 0 Å². The maximum Gasteiger partial charge on any atom is 0.123 e. The molecule has 0 unspecified atom stereocenters. The van der Waals surface area contributed by atoms with E-state index < -0.39 is 5.54 Å². The van der Waals surface area contributed by atoms with Crippen molar-refractivity contribution in [2.24, 2.45) is 5.92 Å². The highest BCUT2D eigenvalue weighted by Gasteiger charge is 2.42. The van der Waals surface area contributed by atoms with Crippen LogP contribution in [0, 0.1) is 5.92 Å². The second kappa shape index (κ2) is 7.17. The highest BCUT2D eigenvalue weighted by molar-refractivity contribution is 5.61. The highest BCUT2D eigenvalue weighted by Crippen LogP contribution is 2.47. The lowest BCUT2D eigenvalue weighted by atomic mass is 9.77. The molecule has 29 heavy (non-hydrogen) atoms. The molecule has 1 aliphatic rings. The van der Waals surface area contributed by atoms with E-state index in [1.54, 1.807) is 0 Å². The Morgan fingerprint density at radius 1 is 0.793 bits per heavy atom. The summed E-state index contributed by atoms with van der Waals surface area (Å²) in [4.78, 5) is 15.9. The summed E-state index contributed by atoms with van der Waals surface area (Å²) in [6.45, 7) is 0. The van der Waals surface area contributed by atoms with Crippen LogP contribution in [0.5, 0.6) is 0 Å². The van der Waals surface area contributed by atoms with Crippen LogP contribution in [-0.4, -0.2) is 15.8 Å². The van der Waals surface area contributed by atoms with Crippen molar-refractivity contribution >= 4 is 6.29 Å². The van der Waals surface area contributed by atoms with Gasteiger partial charge in [-0.15, -0.1) is 0 Å². The molecule has 4 aromatic rings. The van der Waals surface area contributed by atoms with E-state index in [1.165, 1.54) is 16.7 Å². The molecule has 0 spiro atoms. The summed E-state index contributed by atoms with van der Waals surface area (Å²) in [6.07, 6.45) is 6.00. The van der Waals surface area contributed by atoms with Crippen LogP contribution in [0.3, 0.4) is 0 Å². The summed E-state index contributed by atoms with van der Waals surface area (Å²) in [6, 6.07) is 31.6. The molecule has 3 aromatic carbocycles. The van der Waals surface area contributed by atoms with E-state index in [2.05, 4.69) is 83.6 Å². The minimum atomic E-state index is -0.541. The Kier molecular flexibility index (Phi) is 4.36. The van der Waals surface area contributed by atoms with E-state index >= 15 is 0 Å². The number of aldehydes is 1. The van der Waals surface area contributed by atoms with Crippen LogP contribution in [0.1, 0.15) is 34.7 Å². The molecule has 0 bridgehead atoms. The SMILES string of the molecule is O=C[C@@H]1C[C@H]1c1cn(C(c2ccccc2)(c2ccccc2)c2ccccc2)cn1.